The summed E-state index contributed by atoms with van der Waals surface area (Å²) >= 11 is 0. The molecule has 2 heterocycles. The van der Waals surface area contributed by atoms with Crippen molar-refractivity contribution in [2.24, 2.45) is 4.99 Å². The molecule has 0 N–H and O–H groups in total. The zero-order valence-electron chi connectivity index (χ0n) is 8.64. The van der Waals surface area contributed by atoms with Gasteiger partial charge in [-0.15, -0.1) is 0 Å². The van der Waals surface area contributed by atoms with Gasteiger partial charge in [-0.1, -0.05) is 19.9 Å². The Hall–Kier alpha value is -1.23. The second-order valence-electron chi connectivity index (χ2n) is 3.92. The van der Waals surface area contributed by atoms with Crippen LogP contribution in [0.5, 0.6) is 0 Å². The van der Waals surface area contributed by atoms with Crippen LogP contribution >= 0.6 is 0 Å². The highest BCUT2D eigenvalue weighted by atomic mass is 32.2. The summed E-state index contributed by atoms with van der Waals surface area (Å²) in [7, 11) is -3.16. The molecule has 0 bridgehead atoms. The van der Waals surface area contributed by atoms with Gasteiger partial charge in [0.2, 0.25) is 0 Å². The van der Waals surface area contributed by atoms with Gasteiger partial charge in [-0.05, 0) is 12.0 Å². The Labute approximate surface area is 89.0 Å². The Balaban J connectivity index is 2.49. The molecule has 5 heteroatoms. The van der Waals surface area contributed by atoms with Crippen molar-refractivity contribution >= 4 is 21.2 Å². The topological polar surface area (TPSA) is 59.4 Å². The third-order valence-corrected chi connectivity index (χ3v) is 3.40. The van der Waals surface area contributed by atoms with E-state index in [2.05, 4.69) is 9.98 Å². The van der Waals surface area contributed by atoms with E-state index in [-0.39, 0.29) is 5.75 Å². The molecule has 1 aliphatic rings. The number of aliphatic imine (C=N–C) groups is 1. The number of nitrogens with zero attached hydrogens (tertiary/aromatic N) is 2. The van der Waals surface area contributed by atoms with E-state index >= 15 is 0 Å². The number of sulfone groups is 1. The fourth-order valence-electron chi connectivity index (χ4n) is 1.42. The molecule has 1 aromatic heterocycles. The van der Waals surface area contributed by atoms with Gasteiger partial charge in [0, 0.05) is 11.3 Å². The van der Waals surface area contributed by atoms with Gasteiger partial charge in [0.1, 0.15) is 5.55 Å². The van der Waals surface area contributed by atoms with Gasteiger partial charge < -0.3 is 0 Å². The number of rotatable bonds is 1. The van der Waals surface area contributed by atoms with Crippen molar-refractivity contribution in [2.45, 2.75) is 25.5 Å². The molecular weight excluding hydrogens is 212 g/mol. The summed E-state index contributed by atoms with van der Waals surface area (Å²) in [6, 6.07) is 3.66. The maximum atomic E-state index is 11.3. The maximum absolute atomic E-state index is 11.3. The highest BCUT2D eigenvalue weighted by Gasteiger charge is 2.18. The number of aromatic nitrogens is 1. The second-order valence-corrected chi connectivity index (χ2v) is 5.74. The minimum atomic E-state index is -3.16. The first-order valence-corrected chi connectivity index (χ1v) is 6.46. The Morgan fingerprint density at radius 3 is 2.73 bits per heavy atom. The van der Waals surface area contributed by atoms with Crippen LogP contribution in [-0.4, -0.2) is 18.9 Å². The molecule has 0 aromatic carbocycles. The van der Waals surface area contributed by atoms with Crippen molar-refractivity contribution in [1.82, 2.24) is 4.98 Å². The lowest BCUT2D eigenvalue weighted by molar-refractivity contribution is 0.606. The van der Waals surface area contributed by atoms with E-state index in [0.717, 1.165) is 11.2 Å². The van der Waals surface area contributed by atoms with Crippen LogP contribution in [0, 0.1) is 0 Å². The SMILES string of the molecule is CC(C)c1ccc2c(n1)N=CS(=O)(=O)C2. The largest absolute Gasteiger partial charge is 0.233 e. The average molecular weight is 224 g/mol. The van der Waals surface area contributed by atoms with Crippen LogP contribution in [0.15, 0.2) is 17.1 Å². The van der Waals surface area contributed by atoms with Crippen LogP contribution in [0.25, 0.3) is 0 Å². The molecule has 1 aliphatic heterocycles. The summed E-state index contributed by atoms with van der Waals surface area (Å²) in [4.78, 5) is 8.18. The van der Waals surface area contributed by atoms with Crippen molar-refractivity contribution in [1.29, 1.82) is 0 Å². The van der Waals surface area contributed by atoms with E-state index in [1.165, 1.54) is 0 Å². The van der Waals surface area contributed by atoms with Crippen molar-refractivity contribution < 1.29 is 8.42 Å². The Morgan fingerprint density at radius 1 is 1.33 bits per heavy atom. The number of hydrogen-bond donors (Lipinski definition) is 0. The molecule has 0 amide bonds. The molecule has 15 heavy (non-hydrogen) atoms. The van der Waals surface area contributed by atoms with E-state index in [4.69, 9.17) is 0 Å². The molecule has 0 aliphatic carbocycles. The normalized spacial score (nSPS) is 17.8. The van der Waals surface area contributed by atoms with Crippen molar-refractivity contribution in [2.75, 3.05) is 0 Å². The lowest BCUT2D eigenvalue weighted by atomic mass is 10.1. The van der Waals surface area contributed by atoms with Crippen molar-refractivity contribution in [3.05, 3.63) is 23.4 Å². The van der Waals surface area contributed by atoms with Gasteiger partial charge >= 0.3 is 0 Å². The van der Waals surface area contributed by atoms with Gasteiger partial charge in [-0.3, -0.25) is 0 Å². The Morgan fingerprint density at radius 2 is 2.07 bits per heavy atom. The minimum absolute atomic E-state index is 0.0111. The van der Waals surface area contributed by atoms with E-state index in [0.29, 0.717) is 17.3 Å². The van der Waals surface area contributed by atoms with Gasteiger partial charge in [0.15, 0.2) is 15.7 Å². The predicted octanol–water partition coefficient (Wildman–Crippen LogP) is 1.79. The molecule has 2 rings (SSSR count). The van der Waals surface area contributed by atoms with Crippen molar-refractivity contribution in [3.8, 4) is 0 Å². The molecule has 0 spiro atoms. The maximum Gasteiger partial charge on any atom is 0.193 e. The molecule has 0 radical (unpaired) electrons. The van der Waals surface area contributed by atoms with Crippen LogP contribution in [-0.2, 0) is 15.6 Å². The molecule has 0 unspecified atom stereocenters. The molecule has 0 atom stereocenters. The fraction of sp³-hybridized carbons (Fsp3) is 0.400. The van der Waals surface area contributed by atoms with Gasteiger partial charge in [0.25, 0.3) is 0 Å². The monoisotopic (exact) mass is 224 g/mol. The van der Waals surface area contributed by atoms with E-state index < -0.39 is 9.84 Å². The van der Waals surface area contributed by atoms with Gasteiger partial charge in [0.05, 0.1) is 5.75 Å². The lowest BCUT2D eigenvalue weighted by Gasteiger charge is -2.11. The first kappa shape index (κ1) is 10.3. The summed E-state index contributed by atoms with van der Waals surface area (Å²) in [6.07, 6.45) is 0. The van der Waals surface area contributed by atoms with Crippen LogP contribution < -0.4 is 0 Å². The second kappa shape index (κ2) is 3.41. The molecule has 0 fully saturated rings. The lowest BCUT2D eigenvalue weighted by Crippen LogP contribution is -2.10. The number of fused-ring (bicyclic) bond motifs is 1. The van der Waals surface area contributed by atoms with Gasteiger partial charge in [-0.2, -0.15) is 0 Å². The fourth-order valence-corrected chi connectivity index (χ4v) is 2.42. The Bertz CT molecular complexity index is 518. The first-order chi connectivity index (χ1) is 6.98. The summed E-state index contributed by atoms with van der Waals surface area (Å²) in [5.74, 6) is 0.872. The third kappa shape index (κ3) is 2.07. The third-order valence-electron chi connectivity index (χ3n) is 2.26. The molecule has 4 nitrogen and oxygen atoms in total. The summed E-state index contributed by atoms with van der Waals surface area (Å²) in [6.45, 7) is 4.08. The van der Waals surface area contributed by atoms with E-state index in [1.54, 1.807) is 6.07 Å². The molecule has 1 aromatic rings. The van der Waals surface area contributed by atoms with Crippen molar-refractivity contribution in [3.63, 3.8) is 0 Å². The summed E-state index contributed by atoms with van der Waals surface area (Å²) in [5, 5.41) is 0. The highest BCUT2D eigenvalue weighted by Crippen LogP contribution is 2.25. The minimum Gasteiger partial charge on any atom is -0.233 e. The highest BCUT2D eigenvalue weighted by molar-refractivity contribution is 8.03. The van der Waals surface area contributed by atoms with Crippen LogP contribution in [0.4, 0.5) is 5.82 Å². The van der Waals surface area contributed by atoms with Crippen LogP contribution in [0.2, 0.25) is 0 Å². The van der Waals surface area contributed by atoms with Gasteiger partial charge in [-0.25, -0.2) is 18.4 Å². The summed E-state index contributed by atoms with van der Waals surface area (Å²) in [5.41, 5.74) is 2.61. The molecule has 0 saturated carbocycles. The quantitative estimate of drug-likeness (QED) is 0.730. The van der Waals surface area contributed by atoms with E-state index in [1.807, 2.05) is 19.9 Å². The zero-order valence-corrected chi connectivity index (χ0v) is 9.45. The standard InChI is InChI=1S/C10H12N2O2S/c1-7(2)9-4-3-8-5-15(13,14)6-11-10(8)12-9/h3-4,6-7H,5H2,1-2H3. The molecule has 80 valence electrons. The summed E-state index contributed by atoms with van der Waals surface area (Å²) < 4.78 is 22.5. The van der Waals surface area contributed by atoms with E-state index in [9.17, 15) is 8.42 Å². The molecule has 0 saturated heterocycles. The zero-order chi connectivity index (χ0) is 11.1. The number of pyridine rings is 1. The predicted molar refractivity (Wildman–Crippen MR) is 59.1 cm³/mol. The van der Waals surface area contributed by atoms with Crippen LogP contribution in [0.3, 0.4) is 0 Å². The van der Waals surface area contributed by atoms with Crippen LogP contribution in [0.1, 0.15) is 31.0 Å². The molecular formula is C10H12N2O2S. The number of hydrogen-bond acceptors (Lipinski definition) is 4. The first-order valence-electron chi connectivity index (χ1n) is 4.74. The Kier molecular flexibility index (Phi) is 2.34. The smallest absolute Gasteiger partial charge is 0.193 e. The average Bonchev–Trinajstić information content (AvgIpc) is 2.15.